The van der Waals surface area contributed by atoms with Gasteiger partial charge >= 0.3 is 0 Å². The Morgan fingerprint density at radius 3 is 1.43 bits per heavy atom. The first kappa shape index (κ1) is 30.3. The lowest BCUT2D eigenvalue weighted by Crippen LogP contribution is -2.01. The van der Waals surface area contributed by atoms with E-state index in [0.29, 0.717) is 17.5 Å². The summed E-state index contributed by atoms with van der Waals surface area (Å²) >= 11 is 0. The predicted molar refractivity (Wildman–Crippen MR) is 222 cm³/mol. The van der Waals surface area contributed by atoms with Crippen LogP contribution < -0.4 is 0 Å². The topological polar surface area (TPSA) is 48.5 Å². The Kier molecular flexibility index (Phi) is 6.79. The smallest absolute Gasteiger partial charge is 0.164 e. The zero-order chi connectivity index (χ0) is 35.6. The van der Waals surface area contributed by atoms with Crippen molar-refractivity contribution in [1.82, 2.24) is 24.1 Å². The van der Waals surface area contributed by atoms with Crippen molar-refractivity contribution in [3.63, 3.8) is 0 Å². The van der Waals surface area contributed by atoms with E-state index in [1.165, 1.54) is 27.2 Å². The summed E-state index contributed by atoms with van der Waals surface area (Å²) in [5, 5.41) is 6.99. The third-order valence-electron chi connectivity index (χ3n) is 10.5. The van der Waals surface area contributed by atoms with Gasteiger partial charge in [-0.15, -0.1) is 0 Å². The molecule has 0 atom stereocenters. The molecule has 0 amide bonds. The molecule has 8 aromatic carbocycles. The highest BCUT2D eigenvalue weighted by Gasteiger charge is 2.21. The number of nitrogens with zero attached hydrogens (tertiary/aromatic N) is 5. The molecule has 0 saturated carbocycles. The molecule has 5 heteroatoms. The Morgan fingerprint density at radius 2 is 0.778 bits per heavy atom. The molecule has 0 aliphatic rings. The molecular weight excluding hydrogens is 659 g/mol. The molecular formula is C49H31N5. The van der Waals surface area contributed by atoms with Crippen LogP contribution in [0.1, 0.15) is 0 Å². The summed E-state index contributed by atoms with van der Waals surface area (Å²) in [6.07, 6.45) is 0. The van der Waals surface area contributed by atoms with Crippen molar-refractivity contribution >= 4 is 54.4 Å². The SMILES string of the molecule is c1ccc(-c2nc(-c3ccccc3)nc(-c3cc4c5ccccc5n(-c5ccc6c7ccccc7n(-c7ccccc7)c6c5)c4c4ccccc34)n2)cc1. The van der Waals surface area contributed by atoms with Gasteiger partial charge in [0, 0.05) is 55.0 Å². The molecule has 54 heavy (non-hydrogen) atoms. The van der Waals surface area contributed by atoms with Crippen molar-refractivity contribution in [2.75, 3.05) is 0 Å². The minimum absolute atomic E-state index is 0.645. The van der Waals surface area contributed by atoms with Crippen LogP contribution in [0.4, 0.5) is 0 Å². The van der Waals surface area contributed by atoms with Gasteiger partial charge in [-0.2, -0.15) is 0 Å². The molecule has 0 saturated heterocycles. The van der Waals surface area contributed by atoms with Crippen LogP contribution in [0.5, 0.6) is 0 Å². The average Bonchev–Trinajstić information content (AvgIpc) is 3.77. The number of aromatic nitrogens is 5. The van der Waals surface area contributed by atoms with Crippen molar-refractivity contribution in [1.29, 1.82) is 0 Å². The van der Waals surface area contributed by atoms with Gasteiger partial charge in [-0.3, -0.25) is 0 Å². The largest absolute Gasteiger partial charge is 0.309 e. The van der Waals surface area contributed by atoms with E-state index in [1.54, 1.807) is 0 Å². The van der Waals surface area contributed by atoms with Crippen molar-refractivity contribution in [2.45, 2.75) is 0 Å². The van der Waals surface area contributed by atoms with Gasteiger partial charge in [0.05, 0.1) is 22.1 Å². The van der Waals surface area contributed by atoms with Crippen LogP contribution in [0.15, 0.2) is 188 Å². The van der Waals surface area contributed by atoms with Gasteiger partial charge < -0.3 is 9.13 Å². The van der Waals surface area contributed by atoms with E-state index < -0.39 is 0 Å². The van der Waals surface area contributed by atoms with E-state index in [0.717, 1.165) is 55.3 Å². The molecule has 0 fully saturated rings. The van der Waals surface area contributed by atoms with Crippen molar-refractivity contribution < 1.29 is 0 Å². The van der Waals surface area contributed by atoms with Crippen LogP contribution in [-0.2, 0) is 0 Å². The maximum atomic E-state index is 5.16. The first-order chi connectivity index (χ1) is 26.8. The second kappa shape index (κ2) is 12.1. The highest BCUT2D eigenvalue weighted by molar-refractivity contribution is 6.22. The zero-order valence-corrected chi connectivity index (χ0v) is 29.1. The molecule has 0 radical (unpaired) electrons. The molecule has 0 bridgehead atoms. The lowest BCUT2D eigenvalue weighted by molar-refractivity contribution is 1.08. The van der Waals surface area contributed by atoms with Gasteiger partial charge in [0.15, 0.2) is 17.5 Å². The Bertz CT molecular complexity index is 3140. The van der Waals surface area contributed by atoms with Gasteiger partial charge in [-0.25, -0.2) is 15.0 Å². The summed E-state index contributed by atoms with van der Waals surface area (Å²) in [5.74, 6) is 1.94. The van der Waals surface area contributed by atoms with Crippen molar-refractivity contribution in [3.05, 3.63) is 188 Å². The predicted octanol–water partition coefficient (Wildman–Crippen LogP) is 12.2. The summed E-state index contributed by atoms with van der Waals surface area (Å²) in [4.78, 5) is 15.3. The number of hydrogen-bond donors (Lipinski definition) is 0. The monoisotopic (exact) mass is 689 g/mol. The number of benzene rings is 8. The highest BCUT2D eigenvalue weighted by Crippen LogP contribution is 2.42. The number of fused-ring (bicyclic) bond motifs is 8. The van der Waals surface area contributed by atoms with E-state index in [-0.39, 0.29) is 0 Å². The molecule has 3 aromatic heterocycles. The van der Waals surface area contributed by atoms with Crippen molar-refractivity contribution in [2.24, 2.45) is 0 Å². The van der Waals surface area contributed by atoms with Crippen LogP contribution in [-0.4, -0.2) is 24.1 Å². The first-order valence-corrected chi connectivity index (χ1v) is 18.2. The second-order valence-electron chi connectivity index (χ2n) is 13.6. The normalized spacial score (nSPS) is 11.7. The van der Waals surface area contributed by atoms with Crippen LogP contribution >= 0.6 is 0 Å². The second-order valence-corrected chi connectivity index (χ2v) is 13.6. The molecule has 0 spiro atoms. The molecule has 0 unspecified atom stereocenters. The highest BCUT2D eigenvalue weighted by atomic mass is 15.0. The summed E-state index contributed by atoms with van der Waals surface area (Å²) in [6, 6.07) is 66.2. The van der Waals surface area contributed by atoms with Gasteiger partial charge in [-0.1, -0.05) is 146 Å². The maximum Gasteiger partial charge on any atom is 0.164 e. The molecule has 252 valence electrons. The fraction of sp³-hybridized carbons (Fsp3) is 0. The Labute approximate surface area is 311 Å². The van der Waals surface area contributed by atoms with Crippen LogP contribution in [0.25, 0.3) is 99.9 Å². The summed E-state index contributed by atoms with van der Waals surface area (Å²) in [5.41, 5.74) is 9.75. The summed E-state index contributed by atoms with van der Waals surface area (Å²) in [6.45, 7) is 0. The standard InChI is InChI=1S/C49H31N5/c1-4-16-32(17-5-1)47-50-48(33-18-6-2-7-19-33)52-49(51-47)42-31-41-38-24-13-15-27-44(38)54(46(41)40-25-11-10-22-36(40)42)35-28-29-39-37-23-12-14-26-43(37)53(45(39)30-35)34-20-8-3-9-21-34/h1-31H. The lowest BCUT2D eigenvalue weighted by atomic mass is 9.99. The maximum absolute atomic E-state index is 5.16. The van der Waals surface area contributed by atoms with Gasteiger partial charge in [0.1, 0.15) is 0 Å². The van der Waals surface area contributed by atoms with Crippen LogP contribution in [0.2, 0.25) is 0 Å². The summed E-state index contributed by atoms with van der Waals surface area (Å²) < 4.78 is 4.81. The Hall–Kier alpha value is -7.37. The Morgan fingerprint density at radius 1 is 0.296 bits per heavy atom. The number of hydrogen-bond acceptors (Lipinski definition) is 3. The first-order valence-electron chi connectivity index (χ1n) is 18.2. The molecule has 0 aliphatic heterocycles. The quantitative estimate of drug-likeness (QED) is 0.181. The minimum atomic E-state index is 0.645. The Balaban J connectivity index is 1.21. The molecule has 11 rings (SSSR count). The fourth-order valence-electron chi connectivity index (χ4n) is 8.16. The van der Waals surface area contributed by atoms with E-state index >= 15 is 0 Å². The fourth-order valence-corrected chi connectivity index (χ4v) is 8.16. The van der Waals surface area contributed by atoms with Gasteiger partial charge in [0.25, 0.3) is 0 Å². The van der Waals surface area contributed by atoms with Gasteiger partial charge in [-0.05, 0) is 47.9 Å². The lowest BCUT2D eigenvalue weighted by Gasteiger charge is -2.14. The third-order valence-corrected chi connectivity index (χ3v) is 10.5. The van der Waals surface area contributed by atoms with E-state index in [1.807, 2.05) is 36.4 Å². The van der Waals surface area contributed by atoms with E-state index in [2.05, 4.69) is 161 Å². The zero-order valence-electron chi connectivity index (χ0n) is 29.1. The van der Waals surface area contributed by atoms with E-state index in [9.17, 15) is 0 Å². The molecule has 0 aliphatic carbocycles. The van der Waals surface area contributed by atoms with Crippen LogP contribution in [0.3, 0.4) is 0 Å². The van der Waals surface area contributed by atoms with Crippen LogP contribution in [0, 0.1) is 0 Å². The molecule has 11 aromatic rings. The number of para-hydroxylation sites is 3. The minimum Gasteiger partial charge on any atom is -0.309 e. The molecule has 0 N–H and O–H groups in total. The third kappa shape index (κ3) is 4.69. The van der Waals surface area contributed by atoms with E-state index in [4.69, 9.17) is 15.0 Å². The number of rotatable bonds is 5. The average molecular weight is 690 g/mol. The van der Waals surface area contributed by atoms with Gasteiger partial charge in [0.2, 0.25) is 0 Å². The van der Waals surface area contributed by atoms with Crippen molar-refractivity contribution in [3.8, 4) is 45.5 Å². The molecule has 5 nitrogen and oxygen atoms in total. The summed E-state index contributed by atoms with van der Waals surface area (Å²) in [7, 11) is 0. The molecule has 3 heterocycles.